The first-order chi connectivity index (χ1) is 16.5. The summed E-state index contributed by atoms with van der Waals surface area (Å²) in [6.45, 7) is 8.50. The fraction of sp³-hybridized carbons (Fsp3) is 0.542. The Kier molecular flexibility index (Phi) is 6.92. The molecule has 0 amide bonds. The number of nitrogens with zero attached hydrogens (tertiary/aromatic N) is 7. The van der Waals surface area contributed by atoms with Gasteiger partial charge in [0.05, 0.1) is 27.5 Å². The number of rotatable bonds is 7. The van der Waals surface area contributed by atoms with E-state index >= 15 is 0 Å². The van der Waals surface area contributed by atoms with Crippen LogP contribution >= 0.6 is 0 Å². The van der Waals surface area contributed by atoms with Crippen molar-refractivity contribution >= 4 is 38.4 Å². The molecule has 1 aromatic carbocycles. The molecule has 1 fully saturated rings. The van der Waals surface area contributed by atoms with Gasteiger partial charge in [-0.25, -0.2) is 13.4 Å². The summed E-state index contributed by atoms with van der Waals surface area (Å²) >= 11 is 0. The Morgan fingerprint density at radius 3 is 2.40 bits per heavy atom. The molecule has 1 N–H and O–H groups in total. The Hall–Kier alpha value is -2.92. The smallest absolute Gasteiger partial charge is 0.262 e. The van der Waals surface area contributed by atoms with Crippen molar-refractivity contribution in [1.29, 1.82) is 0 Å². The van der Waals surface area contributed by atoms with Gasteiger partial charge in [-0.1, -0.05) is 0 Å². The zero-order chi connectivity index (χ0) is 25.5. The Labute approximate surface area is 208 Å². The molecule has 0 unspecified atom stereocenters. The van der Waals surface area contributed by atoms with Crippen LogP contribution in [0.3, 0.4) is 0 Å². The molecule has 0 bridgehead atoms. The van der Waals surface area contributed by atoms with Gasteiger partial charge < -0.3 is 14.7 Å². The molecule has 1 saturated heterocycles. The lowest BCUT2D eigenvalue weighted by Crippen LogP contribution is -2.42. The Morgan fingerprint density at radius 2 is 1.80 bits per heavy atom. The zero-order valence-corrected chi connectivity index (χ0v) is 22.5. The minimum Gasteiger partial charge on any atom is -0.359 e. The van der Waals surface area contributed by atoms with Gasteiger partial charge in [0.15, 0.2) is 0 Å². The molecule has 2 aromatic heterocycles. The predicted octanol–water partition coefficient (Wildman–Crippen LogP) is 2.77. The highest BCUT2D eigenvalue weighted by atomic mass is 32.2. The summed E-state index contributed by atoms with van der Waals surface area (Å²) in [6, 6.07) is 5.42. The third-order valence-electron chi connectivity index (χ3n) is 7.08. The van der Waals surface area contributed by atoms with E-state index in [0.717, 1.165) is 49.5 Å². The van der Waals surface area contributed by atoms with Crippen molar-refractivity contribution in [3.05, 3.63) is 29.6 Å². The Bertz CT molecular complexity index is 1330. The van der Waals surface area contributed by atoms with Gasteiger partial charge in [0, 0.05) is 39.1 Å². The number of aromatic nitrogens is 4. The molecule has 1 aliphatic rings. The third-order valence-corrected chi connectivity index (χ3v) is 8.43. The third kappa shape index (κ3) is 4.92. The van der Waals surface area contributed by atoms with Gasteiger partial charge in [-0.15, -0.1) is 0 Å². The van der Waals surface area contributed by atoms with Crippen LogP contribution in [0.1, 0.15) is 31.2 Å². The molecule has 11 heteroatoms. The maximum atomic E-state index is 13.3. The summed E-state index contributed by atoms with van der Waals surface area (Å²) in [5.41, 5.74) is 2.61. The largest absolute Gasteiger partial charge is 0.359 e. The van der Waals surface area contributed by atoms with Crippen molar-refractivity contribution in [3.63, 3.8) is 0 Å². The van der Waals surface area contributed by atoms with E-state index in [-0.39, 0.29) is 4.90 Å². The normalized spacial score (nSPS) is 15.5. The number of anilines is 3. The van der Waals surface area contributed by atoms with Crippen LogP contribution in [0.5, 0.6) is 0 Å². The molecule has 3 heterocycles. The fourth-order valence-electron chi connectivity index (χ4n) is 4.51. The zero-order valence-electron chi connectivity index (χ0n) is 21.7. The maximum Gasteiger partial charge on any atom is 0.262 e. The van der Waals surface area contributed by atoms with E-state index in [2.05, 4.69) is 26.7 Å². The van der Waals surface area contributed by atoms with Crippen molar-refractivity contribution in [2.45, 2.75) is 44.6 Å². The monoisotopic (exact) mass is 500 g/mol. The number of fused-ring (bicyclic) bond motifs is 1. The molecular weight excluding hydrogens is 464 g/mol. The topological polar surface area (TPSA) is 99.5 Å². The highest BCUT2D eigenvalue weighted by molar-refractivity contribution is 7.92. The Balaban J connectivity index is 1.74. The van der Waals surface area contributed by atoms with E-state index in [4.69, 9.17) is 9.97 Å². The summed E-state index contributed by atoms with van der Waals surface area (Å²) in [7, 11) is 4.12. The standard InChI is InChI=1S/C24H36N8O2S/c1-8-30(5)23-20-15-19(35(33,34)28-22-16(2)27-32(7)17(22)3)9-10-21(20)25-24(26-23)31(6)18-11-13-29(4)14-12-18/h9-10,15,18,28H,8,11-14H2,1-7H3. The lowest BCUT2D eigenvalue weighted by Gasteiger charge is -2.35. The summed E-state index contributed by atoms with van der Waals surface area (Å²) < 4.78 is 31.0. The van der Waals surface area contributed by atoms with Gasteiger partial charge in [-0.2, -0.15) is 10.1 Å². The van der Waals surface area contributed by atoms with E-state index in [1.807, 2.05) is 32.8 Å². The van der Waals surface area contributed by atoms with Crippen LogP contribution in [0.15, 0.2) is 23.1 Å². The molecule has 10 nitrogen and oxygen atoms in total. The number of likely N-dealkylation sites (tertiary alicyclic amines) is 1. The second kappa shape index (κ2) is 9.62. The molecule has 35 heavy (non-hydrogen) atoms. The van der Waals surface area contributed by atoms with E-state index in [1.165, 1.54) is 0 Å². The second-order valence-electron chi connectivity index (χ2n) is 9.46. The van der Waals surface area contributed by atoms with E-state index < -0.39 is 10.0 Å². The lowest BCUT2D eigenvalue weighted by atomic mass is 10.0. The lowest BCUT2D eigenvalue weighted by molar-refractivity contribution is 0.252. The number of benzene rings is 1. The van der Waals surface area contributed by atoms with Crippen LogP contribution < -0.4 is 14.5 Å². The van der Waals surface area contributed by atoms with Crippen LogP contribution in [-0.4, -0.2) is 79.9 Å². The first kappa shape index (κ1) is 25.2. The molecule has 0 radical (unpaired) electrons. The van der Waals surface area contributed by atoms with Crippen LogP contribution in [0.2, 0.25) is 0 Å². The minimum absolute atomic E-state index is 0.165. The maximum absolute atomic E-state index is 13.3. The van der Waals surface area contributed by atoms with Gasteiger partial charge in [-0.3, -0.25) is 9.40 Å². The predicted molar refractivity (Wildman–Crippen MR) is 141 cm³/mol. The van der Waals surface area contributed by atoms with Crippen LogP contribution in [0.25, 0.3) is 10.9 Å². The fourth-order valence-corrected chi connectivity index (χ4v) is 5.71. The van der Waals surface area contributed by atoms with Gasteiger partial charge in [0.2, 0.25) is 5.95 Å². The molecule has 1 aliphatic heterocycles. The minimum atomic E-state index is -3.83. The van der Waals surface area contributed by atoms with Crippen molar-refractivity contribution < 1.29 is 8.42 Å². The highest BCUT2D eigenvalue weighted by Crippen LogP contribution is 2.31. The first-order valence-corrected chi connectivity index (χ1v) is 13.5. The summed E-state index contributed by atoms with van der Waals surface area (Å²) in [6.07, 6.45) is 2.12. The van der Waals surface area contributed by atoms with E-state index in [9.17, 15) is 8.42 Å². The van der Waals surface area contributed by atoms with Crippen LogP contribution in [-0.2, 0) is 17.1 Å². The molecule has 190 valence electrons. The van der Waals surface area contributed by atoms with Gasteiger partial charge in [0.25, 0.3) is 10.0 Å². The van der Waals surface area contributed by atoms with Crippen molar-refractivity contribution in [1.82, 2.24) is 24.6 Å². The van der Waals surface area contributed by atoms with Crippen LogP contribution in [0, 0.1) is 13.8 Å². The molecule has 3 aromatic rings. The summed E-state index contributed by atoms with van der Waals surface area (Å²) in [5.74, 6) is 1.38. The number of sulfonamides is 1. The van der Waals surface area contributed by atoms with Crippen LogP contribution in [0.4, 0.5) is 17.5 Å². The number of hydrogen-bond acceptors (Lipinski definition) is 8. The second-order valence-corrected chi connectivity index (χ2v) is 11.1. The van der Waals surface area contributed by atoms with Crippen molar-refractivity contribution in [2.75, 3.05) is 55.3 Å². The van der Waals surface area contributed by atoms with Crippen molar-refractivity contribution in [2.24, 2.45) is 7.05 Å². The number of nitrogens with one attached hydrogen (secondary N) is 1. The molecule has 0 aliphatic carbocycles. The van der Waals surface area contributed by atoms with E-state index in [0.29, 0.717) is 28.8 Å². The Morgan fingerprint density at radius 1 is 1.11 bits per heavy atom. The average Bonchev–Trinajstić information content (AvgIpc) is 3.08. The summed E-state index contributed by atoms with van der Waals surface area (Å²) in [4.78, 5) is 16.4. The molecule has 0 spiro atoms. The van der Waals surface area contributed by atoms with Gasteiger partial charge >= 0.3 is 0 Å². The first-order valence-electron chi connectivity index (χ1n) is 12.0. The van der Waals surface area contributed by atoms with Gasteiger partial charge in [0.1, 0.15) is 5.82 Å². The molecular formula is C24H36N8O2S. The van der Waals surface area contributed by atoms with E-state index in [1.54, 1.807) is 36.9 Å². The quantitative estimate of drug-likeness (QED) is 0.529. The average molecular weight is 501 g/mol. The molecule has 0 saturated carbocycles. The van der Waals surface area contributed by atoms with Crippen molar-refractivity contribution in [3.8, 4) is 0 Å². The summed E-state index contributed by atoms with van der Waals surface area (Å²) in [5, 5.41) is 5.02. The highest BCUT2D eigenvalue weighted by Gasteiger charge is 2.25. The van der Waals surface area contributed by atoms with Gasteiger partial charge in [-0.05, 0) is 71.9 Å². The molecule has 4 rings (SSSR count). The molecule has 0 atom stereocenters. The number of hydrogen-bond donors (Lipinski definition) is 1. The SMILES string of the molecule is CCN(C)c1nc(N(C)C2CCN(C)CC2)nc2ccc(S(=O)(=O)Nc3c(C)nn(C)c3C)cc12. The number of aryl methyl sites for hydroxylation is 2. The number of piperidine rings is 1.